The third-order valence-electron chi connectivity index (χ3n) is 2.74. The Kier molecular flexibility index (Phi) is 2.38. The summed E-state index contributed by atoms with van der Waals surface area (Å²) in [4.78, 5) is 36.3. The maximum Gasteiger partial charge on any atom is 0.341 e. The van der Waals surface area contributed by atoms with Gasteiger partial charge in [0.2, 0.25) is 0 Å². The summed E-state index contributed by atoms with van der Waals surface area (Å²) in [7, 11) is 0. The van der Waals surface area contributed by atoms with E-state index >= 15 is 0 Å². The number of hydrogen-bond acceptors (Lipinski definition) is 3. The minimum atomic E-state index is -1.31. The summed E-state index contributed by atoms with van der Waals surface area (Å²) < 4.78 is 0. The normalized spacial score (nSPS) is 19.3. The number of Topliss-reactive ketones (excluding diaryl/α,β-unsaturated/α-hetero) is 1. The van der Waals surface area contributed by atoms with E-state index in [0.29, 0.717) is 24.1 Å². The Morgan fingerprint density at radius 1 is 1.44 bits per heavy atom. The van der Waals surface area contributed by atoms with Crippen LogP contribution in [0.5, 0.6) is 0 Å². The largest absolute Gasteiger partial charge is 0.477 e. The molecule has 0 fully saturated rings. The second-order valence-corrected chi connectivity index (χ2v) is 4.15. The van der Waals surface area contributed by atoms with Gasteiger partial charge in [-0.15, -0.1) is 0 Å². The molecular formula is C11H11NO4. The van der Waals surface area contributed by atoms with Gasteiger partial charge in [-0.05, 0) is 18.4 Å². The number of H-pyrrole nitrogens is 1. The molecule has 1 aliphatic rings. The van der Waals surface area contributed by atoms with Crippen molar-refractivity contribution in [3.05, 3.63) is 33.2 Å². The molecule has 1 heterocycles. The van der Waals surface area contributed by atoms with Crippen LogP contribution in [0.25, 0.3) is 0 Å². The average molecular weight is 221 g/mol. The monoisotopic (exact) mass is 221 g/mol. The lowest BCUT2D eigenvalue weighted by Crippen LogP contribution is -2.27. The maximum atomic E-state index is 11.7. The first kappa shape index (κ1) is 10.6. The first-order chi connectivity index (χ1) is 7.49. The Labute approximate surface area is 91.1 Å². The van der Waals surface area contributed by atoms with Gasteiger partial charge in [0, 0.05) is 17.7 Å². The van der Waals surface area contributed by atoms with E-state index in [1.165, 1.54) is 6.07 Å². The highest BCUT2D eigenvalue weighted by Gasteiger charge is 2.25. The number of pyridine rings is 1. The SMILES string of the molecule is C[C@@H]1CC(=O)c2cc(C(=O)O)c(=O)[nH]c2C1. The molecule has 1 aromatic rings. The van der Waals surface area contributed by atoms with Gasteiger partial charge >= 0.3 is 5.97 Å². The van der Waals surface area contributed by atoms with Gasteiger partial charge in [0.1, 0.15) is 5.56 Å². The van der Waals surface area contributed by atoms with Crippen LogP contribution in [0.4, 0.5) is 0 Å². The summed E-state index contributed by atoms with van der Waals surface area (Å²) in [6.07, 6.45) is 1.01. The molecule has 2 N–H and O–H groups in total. The molecule has 0 bridgehead atoms. The van der Waals surface area contributed by atoms with Crippen molar-refractivity contribution in [3.63, 3.8) is 0 Å². The van der Waals surface area contributed by atoms with Gasteiger partial charge in [0.05, 0.1) is 0 Å². The van der Waals surface area contributed by atoms with Crippen LogP contribution >= 0.6 is 0 Å². The van der Waals surface area contributed by atoms with E-state index in [1.807, 2.05) is 6.92 Å². The van der Waals surface area contributed by atoms with Crippen molar-refractivity contribution in [1.82, 2.24) is 4.98 Å². The fourth-order valence-corrected chi connectivity index (χ4v) is 1.98. The first-order valence-electron chi connectivity index (χ1n) is 5.01. The van der Waals surface area contributed by atoms with Gasteiger partial charge in [-0.25, -0.2) is 4.79 Å². The Morgan fingerprint density at radius 3 is 2.75 bits per heavy atom. The minimum absolute atomic E-state index is 0.104. The van der Waals surface area contributed by atoms with Crippen LogP contribution in [0.3, 0.4) is 0 Å². The Bertz CT molecular complexity index is 529. The summed E-state index contributed by atoms with van der Waals surface area (Å²) >= 11 is 0. The molecule has 0 radical (unpaired) electrons. The summed E-state index contributed by atoms with van der Waals surface area (Å²) in [6, 6.07) is 1.19. The quantitative estimate of drug-likeness (QED) is 0.735. The fraction of sp³-hybridized carbons (Fsp3) is 0.364. The molecule has 1 atom stereocenters. The van der Waals surface area contributed by atoms with E-state index in [-0.39, 0.29) is 17.3 Å². The molecule has 2 rings (SSSR count). The molecule has 0 saturated carbocycles. The van der Waals surface area contributed by atoms with Crippen LogP contribution in [0.15, 0.2) is 10.9 Å². The molecule has 0 aromatic carbocycles. The van der Waals surface area contributed by atoms with Gasteiger partial charge in [-0.1, -0.05) is 6.92 Å². The number of nitrogens with one attached hydrogen (secondary N) is 1. The van der Waals surface area contributed by atoms with Gasteiger partial charge in [0.15, 0.2) is 5.78 Å². The first-order valence-corrected chi connectivity index (χ1v) is 5.01. The highest BCUT2D eigenvalue weighted by molar-refractivity contribution is 6.00. The van der Waals surface area contributed by atoms with Crippen LogP contribution in [-0.4, -0.2) is 21.8 Å². The molecule has 84 valence electrons. The standard InChI is InChI=1S/C11H11NO4/c1-5-2-8-6(9(13)3-5)4-7(11(15)16)10(14)12-8/h4-5H,2-3H2,1H3,(H,12,14)(H,15,16)/t5-/m0/s1. The highest BCUT2D eigenvalue weighted by atomic mass is 16.4. The number of carbonyl (C=O) groups excluding carboxylic acids is 1. The van der Waals surface area contributed by atoms with E-state index in [4.69, 9.17) is 5.11 Å². The zero-order valence-electron chi connectivity index (χ0n) is 8.74. The molecule has 16 heavy (non-hydrogen) atoms. The molecule has 5 heteroatoms. The molecular weight excluding hydrogens is 210 g/mol. The molecule has 0 amide bonds. The van der Waals surface area contributed by atoms with Crippen molar-refractivity contribution < 1.29 is 14.7 Å². The van der Waals surface area contributed by atoms with E-state index in [2.05, 4.69) is 4.98 Å². The highest BCUT2D eigenvalue weighted by Crippen LogP contribution is 2.23. The van der Waals surface area contributed by atoms with Crippen LogP contribution in [0, 0.1) is 5.92 Å². The number of aromatic carboxylic acids is 1. The van der Waals surface area contributed by atoms with Crippen LogP contribution < -0.4 is 5.56 Å². The lowest BCUT2D eigenvalue weighted by Gasteiger charge is -2.19. The maximum absolute atomic E-state index is 11.7. The number of rotatable bonds is 1. The van der Waals surface area contributed by atoms with Gasteiger partial charge in [-0.2, -0.15) is 0 Å². The van der Waals surface area contributed by atoms with Gasteiger partial charge in [-0.3, -0.25) is 9.59 Å². The summed E-state index contributed by atoms with van der Waals surface area (Å²) in [5, 5.41) is 8.77. The Morgan fingerprint density at radius 2 is 2.12 bits per heavy atom. The summed E-state index contributed by atoms with van der Waals surface area (Å²) in [5.74, 6) is -1.23. The van der Waals surface area contributed by atoms with Crippen LogP contribution in [0.2, 0.25) is 0 Å². The van der Waals surface area contributed by atoms with E-state index in [9.17, 15) is 14.4 Å². The number of fused-ring (bicyclic) bond motifs is 1. The zero-order chi connectivity index (χ0) is 11.9. The number of hydrogen-bond donors (Lipinski definition) is 2. The van der Waals surface area contributed by atoms with Crippen molar-refractivity contribution in [2.45, 2.75) is 19.8 Å². The molecule has 0 aliphatic heterocycles. The van der Waals surface area contributed by atoms with Crippen molar-refractivity contribution in [2.24, 2.45) is 5.92 Å². The second kappa shape index (κ2) is 3.59. The van der Waals surface area contributed by atoms with Crippen molar-refractivity contribution >= 4 is 11.8 Å². The van der Waals surface area contributed by atoms with E-state index < -0.39 is 11.5 Å². The van der Waals surface area contributed by atoms with Crippen molar-refractivity contribution in [1.29, 1.82) is 0 Å². The van der Waals surface area contributed by atoms with E-state index in [1.54, 1.807) is 0 Å². The molecule has 1 aliphatic carbocycles. The van der Waals surface area contributed by atoms with Gasteiger partial charge in [0.25, 0.3) is 5.56 Å². The number of ketones is 1. The third-order valence-corrected chi connectivity index (χ3v) is 2.74. The smallest absolute Gasteiger partial charge is 0.341 e. The molecule has 1 aromatic heterocycles. The molecule has 5 nitrogen and oxygen atoms in total. The lowest BCUT2D eigenvalue weighted by molar-refractivity contribution is 0.0695. The summed E-state index contributed by atoms with van der Waals surface area (Å²) in [6.45, 7) is 1.92. The number of aromatic nitrogens is 1. The zero-order valence-corrected chi connectivity index (χ0v) is 8.74. The van der Waals surface area contributed by atoms with Crippen LogP contribution in [-0.2, 0) is 6.42 Å². The number of aromatic amines is 1. The minimum Gasteiger partial charge on any atom is -0.477 e. The number of carboxylic acid groups (broad SMARTS) is 1. The topological polar surface area (TPSA) is 87.2 Å². The predicted molar refractivity (Wildman–Crippen MR) is 55.8 cm³/mol. The van der Waals surface area contributed by atoms with Crippen molar-refractivity contribution in [2.75, 3.05) is 0 Å². The predicted octanol–water partition coefficient (Wildman–Crippen LogP) is 0.838. The lowest BCUT2D eigenvalue weighted by atomic mass is 9.86. The third kappa shape index (κ3) is 1.64. The number of carboxylic acids is 1. The molecule has 0 spiro atoms. The van der Waals surface area contributed by atoms with Crippen molar-refractivity contribution in [3.8, 4) is 0 Å². The fourth-order valence-electron chi connectivity index (χ4n) is 1.98. The Balaban J connectivity index is 2.62. The average Bonchev–Trinajstić information content (AvgIpc) is 2.15. The Hall–Kier alpha value is -1.91. The molecule has 0 saturated heterocycles. The number of carbonyl (C=O) groups is 2. The van der Waals surface area contributed by atoms with E-state index in [0.717, 1.165) is 0 Å². The summed E-state index contributed by atoms with van der Waals surface area (Å²) in [5.41, 5.74) is -0.122. The second-order valence-electron chi connectivity index (χ2n) is 4.15. The van der Waals surface area contributed by atoms with Gasteiger partial charge < -0.3 is 10.1 Å². The van der Waals surface area contributed by atoms with Crippen LogP contribution in [0.1, 0.15) is 39.8 Å². The molecule has 0 unspecified atom stereocenters.